The molecule has 0 atom stereocenters. The lowest BCUT2D eigenvalue weighted by molar-refractivity contribution is -0.173. The summed E-state index contributed by atoms with van der Waals surface area (Å²) in [5.41, 5.74) is 0. The molecular formula is C14H27F3IN3O. The molecule has 0 saturated heterocycles. The van der Waals surface area contributed by atoms with Gasteiger partial charge in [0.25, 0.3) is 0 Å². The Balaban J connectivity index is 0.00000441. The fourth-order valence-corrected chi connectivity index (χ4v) is 2.31. The minimum absolute atomic E-state index is 0. The van der Waals surface area contributed by atoms with Crippen LogP contribution in [0.4, 0.5) is 13.2 Å². The second kappa shape index (κ2) is 12.2. The van der Waals surface area contributed by atoms with Crippen LogP contribution in [0.25, 0.3) is 0 Å². The molecule has 0 radical (unpaired) electrons. The summed E-state index contributed by atoms with van der Waals surface area (Å²) in [6.07, 6.45) is 2.31. The highest BCUT2D eigenvalue weighted by Gasteiger charge is 2.27. The molecule has 1 saturated carbocycles. The van der Waals surface area contributed by atoms with Crippen LogP contribution in [0.15, 0.2) is 4.99 Å². The van der Waals surface area contributed by atoms with Crippen molar-refractivity contribution >= 4 is 29.9 Å². The topological polar surface area (TPSA) is 45.7 Å². The molecule has 4 nitrogen and oxygen atoms in total. The maximum Gasteiger partial charge on any atom is 0.411 e. The first-order valence-corrected chi connectivity index (χ1v) is 7.70. The van der Waals surface area contributed by atoms with Crippen LogP contribution in [-0.2, 0) is 4.74 Å². The minimum atomic E-state index is -4.25. The van der Waals surface area contributed by atoms with Crippen molar-refractivity contribution in [1.82, 2.24) is 10.6 Å². The predicted octanol–water partition coefficient (Wildman–Crippen LogP) is 3.46. The van der Waals surface area contributed by atoms with Crippen LogP contribution in [0.3, 0.4) is 0 Å². The maximum atomic E-state index is 11.9. The van der Waals surface area contributed by atoms with Gasteiger partial charge in [-0.2, -0.15) is 13.2 Å². The van der Waals surface area contributed by atoms with Gasteiger partial charge in [-0.15, -0.1) is 24.0 Å². The molecule has 0 aromatic rings. The number of aliphatic imine (C=N–C) groups is 1. The first-order chi connectivity index (χ1) is 10.0. The summed E-state index contributed by atoms with van der Waals surface area (Å²) < 4.78 is 40.2. The molecule has 0 unspecified atom stereocenters. The summed E-state index contributed by atoms with van der Waals surface area (Å²) in [7, 11) is 0. The molecular weight excluding hydrogens is 410 g/mol. The number of halogens is 4. The summed E-state index contributed by atoms with van der Waals surface area (Å²) in [5, 5.41) is 6.55. The first-order valence-electron chi connectivity index (χ1n) is 7.70. The van der Waals surface area contributed by atoms with E-state index < -0.39 is 12.8 Å². The van der Waals surface area contributed by atoms with E-state index in [0.29, 0.717) is 19.0 Å². The van der Waals surface area contributed by atoms with Crippen molar-refractivity contribution in [2.75, 3.05) is 26.3 Å². The molecule has 0 aromatic heterocycles. The van der Waals surface area contributed by atoms with Gasteiger partial charge in [-0.25, -0.2) is 0 Å². The molecule has 0 spiro atoms. The summed E-state index contributed by atoms with van der Waals surface area (Å²) in [6.45, 7) is 2.11. The smallest absolute Gasteiger partial charge is 0.372 e. The molecule has 0 amide bonds. The van der Waals surface area contributed by atoms with Gasteiger partial charge in [0.1, 0.15) is 6.61 Å². The fourth-order valence-electron chi connectivity index (χ4n) is 2.31. The number of ether oxygens (including phenoxy) is 1. The standard InChI is InChI=1S/C14H26F3N3O.HI/c1-2-18-13(20-12-7-4-3-5-8-12)19-9-6-10-21-11-14(15,16)17;/h12H,2-11H2,1H3,(H2,18,19,20);1H. The average molecular weight is 437 g/mol. The van der Waals surface area contributed by atoms with Gasteiger partial charge in [-0.3, -0.25) is 4.99 Å². The SMILES string of the molecule is CCNC(=NCCCOCC(F)(F)F)NC1CCCCC1.I. The maximum absolute atomic E-state index is 11.9. The molecule has 1 aliphatic rings. The van der Waals surface area contributed by atoms with E-state index in [9.17, 15) is 13.2 Å². The van der Waals surface area contributed by atoms with Gasteiger partial charge in [0.15, 0.2) is 5.96 Å². The molecule has 8 heteroatoms. The molecule has 0 aromatic carbocycles. The lowest BCUT2D eigenvalue weighted by Gasteiger charge is -2.24. The van der Waals surface area contributed by atoms with E-state index in [1.54, 1.807) is 0 Å². The van der Waals surface area contributed by atoms with E-state index in [4.69, 9.17) is 0 Å². The van der Waals surface area contributed by atoms with Crippen LogP contribution in [-0.4, -0.2) is 44.5 Å². The van der Waals surface area contributed by atoms with E-state index in [2.05, 4.69) is 20.4 Å². The molecule has 1 aliphatic carbocycles. The van der Waals surface area contributed by atoms with Gasteiger partial charge in [0, 0.05) is 25.7 Å². The van der Waals surface area contributed by atoms with Gasteiger partial charge in [-0.1, -0.05) is 19.3 Å². The van der Waals surface area contributed by atoms with Gasteiger partial charge in [0.05, 0.1) is 0 Å². The Morgan fingerprint density at radius 3 is 2.50 bits per heavy atom. The lowest BCUT2D eigenvalue weighted by Crippen LogP contribution is -2.44. The Bertz CT molecular complexity index is 308. The number of hydrogen-bond donors (Lipinski definition) is 2. The molecule has 0 heterocycles. The third-order valence-corrected chi connectivity index (χ3v) is 3.27. The molecule has 132 valence electrons. The second-order valence-electron chi connectivity index (χ2n) is 5.26. The zero-order valence-corrected chi connectivity index (χ0v) is 15.4. The van der Waals surface area contributed by atoms with Gasteiger partial charge < -0.3 is 15.4 Å². The first kappa shape index (κ1) is 21.8. The van der Waals surface area contributed by atoms with Crippen molar-refractivity contribution in [3.8, 4) is 0 Å². The van der Waals surface area contributed by atoms with E-state index in [1.165, 1.54) is 19.3 Å². The van der Waals surface area contributed by atoms with Crippen LogP contribution >= 0.6 is 24.0 Å². The Hall–Kier alpha value is -0.250. The Morgan fingerprint density at radius 2 is 1.91 bits per heavy atom. The zero-order chi connectivity index (χ0) is 15.6. The molecule has 0 bridgehead atoms. The summed E-state index contributed by atoms with van der Waals surface area (Å²) in [5.74, 6) is 0.750. The summed E-state index contributed by atoms with van der Waals surface area (Å²) >= 11 is 0. The van der Waals surface area contributed by atoms with Crippen LogP contribution in [0.5, 0.6) is 0 Å². The number of nitrogens with zero attached hydrogens (tertiary/aromatic N) is 1. The third kappa shape index (κ3) is 11.3. The van der Waals surface area contributed by atoms with Crippen molar-refractivity contribution in [2.45, 2.75) is 57.7 Å². The Labute approximate surface area is 147 Å². The molecule has 0 aliphatic heterocycles. The van der Waals surface area contributed by atoms with Crippen molar-refractivity contribution in [3.63, 3.8) is 0 Å². The fraction of sp³-hybridized carbons (Fsp3) is 0.929. The predicted molar refractivity (Wildman–Crippen MR) is 92.9 cm³/mol. The monoisotopic (exact) mass is 437 g/mol. The van der Waals surface area contributed by atoms with Crippen LogP contribution in [0.1, 0.15) is 45.4 Å². The van der Waals surface area contributed by atoms with Crippen molar-refractivity contribution in [2.24, 2.45) is 4.99 Å². The highest BCUT2D eigenvalue weighted by molar-refractivity contribution is 14.0. The molecule has 2 N–H and O–H groups in total. The quantitative estimate of drug-likeness (QED) is 0.278. The van der Waals surface area contributed by atoms with Gasteiger partial charge >= 0.3 is 6.18 Å². The van der Waals surface area contributed by atoms with Crippen molar-refractivity contribution in [3.05, 3.63) is 0 Å². The Kier molecular flexibility index (Phi) is 12.1. The Morgan fingerprint density at radius 1 is 1.23 bits per heavy atom. The summed E-state index contributed by atoms with van der Waals surface area (Å²) in [6, 6.07) is 0.457. The number of hydrogen-bond acceptors (Lipinski definition) is 2. The van der Waals surface area contributed by atoms with Crippen LogP contribution in [0.2, 0.25) is 0 Å². The number of rotatable bonds is 7. The molecule has 1 fully saturated rings. The van der Waals surface area contributed by atoms with E-state index in [1.807, 2.05) is 6.92 Å². The average Bonchev–Trinajstić information content (AvgIpc) is 2.43. The summed E-state index contributed by atoms with van der Waals surface area (Å²) in [4.78, 5) is 4.37. The largest absolute Gasteiger partial charge is 0.411 e. The van der Waals surface area contributed by atoms with E-state index >= 15 is 0 Å². The second-order valence-corrected chi connectivity index (χ2v) is 5.26. The number of nitrogens with one attached hydrogen (secondary N) is 2. The van der Waals surface area contributed by atoms with E-state index in [-0.39, 0.29) is 30.6 Å². The van der Waals surface area contributed by atoms with E-state index in [0.717, 1.165) is 25.3 Å². The van der Waals surface area contributed by atoms with Crippen molar-refractivity contribution in [1.29, 1.82) is 0 Å². The van der Waals surface area contributed by atoms with Gasteiger partial charge in [-0.05, 0) is 26.2 Å². The highest BCUT2D eigenvalue weighted by atomic mass is 127. The number of alkyl halides is 3. The minimum Gasteiger partial charge on any atom is -0.372 e. The zero-order valence-electron chi connectivity index (χ0n) is 13.0. The highest BCUT2D eigenvalue weighted by Crippen LogP contribution is 2.17. The lowest BCUT2D eigenvalue weighted by atomic mass is 9.96. The molecule has 1 rings (SSSR count). The van der Waals surface area contributed by atoms with Gasteiger partial charge in [0.2, 0.25) is 0 Å². The van der Waals surface area contributed by atoms with Crippen LogP contribution < -0.4 is 10.6 Å². The third-order valence-electron chi connectivity index (χ3n) is 3.27. The van der Waals surface area contributed by atoms with Crippen molar-refractivity contribution < 1.29 is 17.9 Å². The van der Waals surface area contributed by atoms with Crippen LogP contribution in [0, 0.1) is 0 Å². The number of guanidine groups is 1. The normalized spacial score (nSPS) is 17.0. The molecule has 22 heavy (non-hydrogen) atoms.